The van der Waals surface area contributed by atoms with E-state index in [1.54, 1.807) is 24.5 Å². The van der Waals surface area contributed by atoms with Gasteiger partial charge in [0, 0.05) is 24.0 Å². The Morgan fingerprint density at radius 2 is 1.88 bits per heavy atom. The molecule has 7 nitrogen and oxygen atoms in total. The molecule has 2 heterocycles. The summed E-state index contributed by atoms with van der Waals surface area (Å²) in [7, 11) is 0. The van der Waals surface area contributed by atoms with Crippen molar-refractivity contribution in [2.24, 2.45) is 0 Å². The first kappa shape index (κ1) is 16.9. The van der Waals surface area contributed by atoms with E-state index in [2.05, 4.69) is 20.2 Å². The van der Waals surface area contributed by atoms with Crippen LogP contribution >= 0.6 is 11.8 Å². The molecule has 0 unspecified atom stereocenters. The van der Waals surface area contributed by atoms with Crippen LogP contribution in [0.25, 0.3) is 11.4 Å². The molecule has 0 fully saturated rings. The summed E-state index contributed by atoms with van der Waals surface area (Å²) < 4.78 is 38.2. The van der Waals surface area contributed by atoms with Crippen LogP contribution in [0.3, 0.4) is 0 Å². The Kier molecular flexibility index (Phi) is 4.40. The number of hydrogen-bond acceptors (Lipinski definition) is 6. The summed E-state index contributed by atoms with van der Waals surface area (Å²) in [6, 6.07) is 5.70. The number of benzene rings is 1. The van der Waals surface area contributed by atoms with Gasteiger partial charge in [-0.3, -0.25) is 20.2 Å². The van der Waals surface area contributed by atoms with Crippen LogP contribution in [0.2, 0.25) is 0 Å². The van der Waals surface area contributed by atoms with Crippen molar-refractivity contribution in [3.8, 4) is 11.4 Å². The Labute approximate surface area is 142 Å². The van der Waals surface area contributed by atoms with E-state index in [0.717, 1.165) is 23.9 Å². The Morgan fingerprint density at radius 3 is 2.52 bits per heavy atom. The minimum absolute atomic E-state index is 0.0123. The van der Waals surface area contributed by atoms with Crippen molar-refractivity contribution in [2.75, 3.05) is 0 Å². The summed E-state index contributed by atoms with van der Waals surface area (Å²) in [5.74, 6) is 0.416. The zero-order valence-corrected chi connectivity index (χ0v) is 13.0. The van der Waals surface area contributed by atoms with Crippen molar-refractivity contribution in [2.45, 2.75) is 16.2 Å². The Hall–Kier alpha value is -2.95. The summed E-state index contributed by atoms with van der Waals surface area (Å²) in [4.78, 5) is 18.3. The van der Waals surface area contributed by atoms with E-state index in [9.17, 15) is 23.3 Å². The third-order valence-corrected chi connectivity index (χ3v) is 4.03. The monoisotopic (exact) mass is 367 g/mol. The highest BCUT2D eigenvalue weighted by molar-refractivity contribution is 7.99. The molecule has 128 valence electrons. The molecule has 0 bridgehead atoms. The fraction of sp³-hybridized carbons (Fsp3) is 0.0714. The molecule has 3 aromatic rings. The molecule has 3 rings (SSSR count). The molecule has 0 atom stereocenters. The first-order valence-corrected chi connectivity index (χ1v) is 7.52. The maximum absolute atomic E-state index is 12.7. The van der Waals surface area contributed by atoms with Crippen LogP contribution in [0.15, 0.2) is 52.8 Å². The first-order valence-electron chi connectivity index (χ1n) is 6.71. The second-order valence-corrected chi connectivity index (χ2v) is 5.75. The van der Waals surface area contributed by atoms with Crippen molar-refractivity contribution in [1.82, 2.24) is 20.2 Å². The minimum Gasteiger partial charge on any atom is -0.265 e. The fourth-order valence-corrected chi connectivity index (χ4v) is 2.75. The van der Waals surface area contributed by atoms with E-state index in [4.69, 9.17) is 0 Å². The van der Waals surface area contributed by atoms with Gasteiger partial charge in [-0.15, -0.1) is 5.10 Å². The standard InChI is InChI=1S/C14H8F3N5O2S/c15-14(16,17)9-1-2-11(10(7-9)22(23)24)25-13-19-12(20-21-13)8-3-5-18-6-4-8/h1-7H,(H,19,20,21). The van der Waals surface area contributed by atoms with Gasteiger partial charge >= 0.3 is 6.18 Å². The van der Waals surface area contributed by atoms with Crippen LogP contribution in [0.5, 0.6) is 0 Å². The molecule has 0 aliphatic carbocycles. The number of H-pyrrole nitrogens is 1. The average molecular weight is 367 g/mol. The normalized spacial score (nSPS) is 11.5. The fourth-order valence-electron chi connectivity index (χ4n) is 1.95. The van der Waals surface area contributed by atoms with Crippen LogP contribution in [0.4, 0.5) is 18.9 Å². The number of halogens is 3. The van der Waals surface area contributed by atoms with E-state index >= 15 is 0 Å². The number of nitro groups is 1. The molecule has 1 aromatic carbocycles. The topological polar surface area (TPSA) is 97.6 Å². The number of pyridine rings is 1. The van der Waals surface area contributed by atoms with Crippen LogP contribution in [0, 0.1) is 10.1 Å². The van der Waals surface area contributed by atoms with E-state index in [1.165, 1.54) is 0 Å². The number of aromatic amines is 1. The third kappa shape index (κ3) is 3.76. The van der Waals surface area contributed by atoms with Gasteiger partial charge < -0.3 is 0 Å². The quantitative estimate of drug-likeness (QED) is 0.554. The van der Waals surface area contributed by atoms with Crippen molar-refractivity contribution in [3.63, 3.8) is 0 Å². The smallest absolute Gasteiger partial charge is 0.265 e. The predicted octanol–water partition coefficient (Wildman–Crippen LogP) is 3.94. The number of nitrogens with one attached hydrogen (secondary N) is 1. The van der Waals surface area contributed by atoms with Crippen LogP contribution in [-0.4, -0.2) is 25.1 Å². The number of aromatic nitrogens is 4. The zero-order valence-electron chi connectivity index (χ0n) is 12.2. The largest absolute Gasteiger partial charge is 0.416 e. The van der Waals surface area contributed by atoms with E-state index in [0.29, 0.717) is 17.5 Å². The second kappa shape index (κ2) is 6.51. The summed E-state index contributed by atoms with van der Waals surface area (Å²) in [6.45, 7) is 0. The Bertz CT molecular complexity index is 914. The van der Waals surface area contributed by atoms with Crippen LogP contribution in [-0.2, 0) is 6.18 Å². The lowest BCUT2D eigenvalue weighted by molar-refractivity contribution is -0.388. The zero-order chi connectivity index (χ0) is 18.0. The summed E-state index contributed by atoms with van der Waals surface area (Å²) >= 11 is 0.799. The number of nitro benzene ring substituents is 1. The molecular formula is C14H8F3N5O2S. The molecule has 0 amide bonds. The van der Waals surface area contributed by atoms with Gasteiger partial charge in [-0.25, -0.2) is 4.98 Å². The van der Waals surface area contributed by atoms with E-state index in [1.807, 2.05) is 0 Å². The van der Waals surface area contributed by atoms with Crippen LogP contribution < -0.4 is 0 Å². The molecule has 11 heteroatoms. The van der Waals surface area contributed by atoms with Gasteiger partial charge in [0.25, 0.3) is 5.69 Å². The number of nitrogens with zero attached hydrogens (tertiary/aromatic N) is 4. The van der Waals surface area contributed by atoms with Gasteiger partial charge in [-0.05, 0) is 36.0 Å². The lowest BCUT2D eigenvalue weighted by Gasteiger charge is -2.07. The van der Waals surface area contributed by atoms with Crippen molar-refractivity contribution in [1.29, 1.82) is 0 Å². The Balaban J connectivity index is 1.91. The Morgan fingerprint density at radius 1 is 1.16 bits per heavy atom. The second-order valence-electron chi connectivity index (χ2n) is 4.74. The van der Waals surface area contributed by atoms with Gasteiger partial charge in [0.2, 0.25) is 5.16 Å². The molecule has 2 aromatic heterocycles. The molecular weight excluding hydrogens is 359 g/mol. The predicted molar refractivity (Wildman–Crippen MR) is 81.8 cm³/mol. The molecule has 0 aliphatic heterocycles. The molecule has 0 radical (unpaired) electrons. The van der Waals surface area contributed by atoms with E-state index in [-0.39, 0.29) is 10.1 Å². The van der Waals surface area contributed by atoms with Crippen LogP contribution in [0.1, 0.15) is 5.56 Å². The number of alkyl halides is 3. The van der Waals surface area contributed by atoms with Crippen molar-refractivity contribution in [3.05, 3.63) is 58.4 Å². The van der Waals surface area contributed by atoms with E-state index < -0.39 is 22.4 Å². The molecule has 0 saturated heterocycles. The molecule has 1 N–H and O–H groups in total. The van der Waals surface area contributed by atoms with Gasteiger partial charge in [0.1, 0.15) is 0 Å². The molecule has 0 aliphatic rings. The highest BCUT2D eigenvalue weighted by Gasteiger charge is 2.33. The summed E-state index contributed by atoms with van der Waals surface area (Å²) in [6.07, 6.45) is -1.54. The molecule has 0 saturated carbocycles. The third-order valence-electron chi connectivity index (χ3n) is 3.10. The first-order chi connectivity index (χ1) is 11.8. The van der Waals surface area contributed by atoms with Gasteiger partial charge in [0.15, 0.2) is 5.82 Å². The minimum atomic E-state index is -4.66. The van der Waals surface area contributed by atoms with Crippen molar-refractivity contribution >= 4 is 17.4 Å². The summed E-state index contributed by atoms with van der Waals surface area (Å²) in [5, 5.41) is 17.8. The van der Waals surface area contributed by atoms with Gasteiger partial charge in [-0.1, -0.05) is 0 Å². The lowest BCUT2D eigenvalue weighted by Crippen LogP contribution is -2.05. The number of hydrogen-bond donors (Lipinski definition) is 1. The highest BCUT2D eigenvalue weighted by atomic mass is 32.2. The van der Waals surface area contributed by atoms with Gasteiger partial charge in [0.05, 0.1) is 15.4 Å². The highest BCUT2D eigenvalue weighted by Crippen LogP contribution is 2.38. The molecule has 0 spiro atoms. The van der Waals surface area contributed by atoms with Crippen molar-refractivity contribution < 1.29 is 18.1 Å². The molecule has 25 heavy (non-hydrogen) atoms. The summed E-state index contributed by atoms with van der Waals surface area (Å²) in [5.41, 5.74) is -1.04. The lowest BCUT2D eigenvalue weighted by atomic mass is 10.2. The number of rotatable bonds is 4. The maximum atomic E-state index is 12.7. The maximum Gasteiger partial charge on any atom is 0.416 e. The van der Waals surface area contributed by atoms with Gasteiger partial charge in [-0.2, -0.15) is 13.2 Å². The average Bonchev–Trinajstić information content (AvgIpc) is 3.03. The SMILES string of the molecule is O=[N+]([O-])c1cc(C(F)(F)F)ccc1Sc1n[nH]c(-c2ccncc2)n1.